The fourth-order valence-electron chi connectivity index (χ4n) is 1.88. The van der Waals surface area contributed by atoms with Crippen LogP contribution in [0.15, 0.2) is 35.0 Å². The fourth-order valence-corrected chi connectivity index (χ4v) is 2.59. The molecule has 0 fully saturated rings. The number of carbonyl (C=O) groups excluding carboxylic acids is 1. The lowest BCUT2D eigenvalue weighted by Gasteiger charge is -2.07. The maximum Gasteiger partial charge on any atom is 0.282 e. The molecular formula is C14H15N3O3S. The van der Waals surface area contributed by atoms with Gasteiger partial charge in [0.2, 0.25) is 0 Å². The van der Waals surface area contributed by atoms with Gasteiger partial charge in [0, 0.05) is 25.3 Å². The van der Waals surface area contributed by atoms with Crippen molar-refractivity contribution in [2.45, 2.75) is 6.42 Å². The second-order valence-corrected chi connectivity index (χ2v) is 5.16. The summed E-state index contributed by atoms with van der Waals surface area (Å²) in [5.74, 6) is -0.436. The van der Waals surface area contributed by atoms with E-state index in [1.54, 1.807) is 24.5 Å². The van der Waals surface area contributed by atoms with Gasteiger partial charge in [-0.05, 0) is 40.9 Å². The van der Waals surface area contributed by atoms with Gasteiger partial charge in [0.15, 0.2) is 0 Å². The third-order valence-corrected chi connectivity index (χ3v) is 3.74. The van der Waals surface area contributed by atoms with Gasteiger partial charge < -0.3 is 10.6 Å². The molecule has 0 bridgehead atoms. The normalized spacial score (nSPS) is 10.1. The summed E-state index contributed by atoms with van der Waals surface area (Å²) in [6.45, 7) is 0.441. The molecule has 1 aromatic carbocycles. The van der Waals surface area contributed by atoms with Gasteiger partial charge in [0.05, 0.1) is 4.92 Å². The molecular weight excluding hydrogens is 290 g/mol. The minimum Gasteiger partial charge on any atom is -0.388 e. The van der Waals surface area contributed by atoms with Crippen molar-refractivity contribution in [1.29, 1.82) is 0 Å². The van der Waals surface area contributed by atoms with Crippen molar-refractivity contribution >= 4 is 28.6 Å². The van der Waals surface area contributed by atoms with E-state index in [2.05, 4.69) is 10.6 Å². The number of nitro benzene ring substituents is 1. The smallest absolute Gasteiger partial charge is 0.282 e. The number of anilines is 1. The molecule has 21 heavy (non-hydrogen) atoms. The number of hydrogen-bond donors (Lipinski definition) is 2. The van der Waals surface area contributed by atoms with Crippen molar-refractivity contribution in [3.8, 4) is 0 Å². The molecule has 0 radical (unpaired) electrons. The second-order valence-electron chi connectivity index (χ2n) is 4.38. The number of nitrogens with one attached hydrogen (secondary N) is 2. The Morgan fingerprint density at radius 3 is 2.81 bits per heavy atom. The van der Waals surface area contributed by atoms with Crippen LogP contribution in [0.2, 0.25) is 0 Å². The topological polar surface area (TPSA) is 84.3 Å². The number of benzene rings is 1. The van der Waals surface area contributed by atoms with Gasteiger partial charge in [0.1, 0.15) is 5.56 Å². The number of nitro groups is 1. The van der Waals surface area contributed by atoms with Crippen LogP contribution in [-0.4, -0.2) is 24.4 Å². The molecule has 0 aliphatic rings. The summed E-state index contributed by atoms with van der Waals surface area (Å²) in [6.07, 6.45) is 0.703. The van der Waals surface area contributed by atoms with Crippen LogP contribution in [0.4, 0.5) is 11.4 Å². The summed E-state index contributed by atoms with van der Waals surface area (Å²) >= 11 is 1.60. The molecule has 6 nitrogen and oxygen atoms in total. The van der Waals surface area contributed by atoms with Gasteiger partial charge in [-0.1, -0.05) is 0 Å². The lowest BCUT2D eigenvalue weighted by molar-refractivity contribution is -0.385. The van der Waals surface area contributed by atoms with E-state index < -0.39 is 10.8 Å². The van der Waals surface area contributed by atoms with E-state index in [4.69, 9.17) is 0 Å². The zero-order chi connectivity index (χ0) is 15.2. The highest BCUT2D eigenvalue weighted by molar-refractivity contribution is 7.07. The highest BCUT2D eigenvalue weighted by Gasteiger charge is 2.20. The van der Waals surface area contributed by atoms with Crippen molar-refractivity contribution in [2.24, 2.45) is 0 Å². The first-order valence-corrected chi connectivity index (χ1v) is 7.31. The van der Waals surface area contributed by atoms with Gasteiger partial charge in [0.25, 0.3) is 11.6 Å². The molecule has 2 N–H and O–H groups in total. The predicted molar refractivity (Wildman–Crippen MR) is 83.0 cm³/mol. The van der Waals surface area contributed by atoms with E-state index in [-0.39, 0.29) is 11.3 Å². The van der Waals surface area contributed by atoms with E-state index in [1.165, 1.54) is 12.1 Å². The monoisotopic (exact) mass is 305 g/mol. The van der Waals surface area contributed by atoms with Crippen LogP contribution in [0.25, 0.3) is 0 Å². The summed E-state index contributed by atoms with van der Waals surface area (Å²) < 4.78 is 0. The van der Waals surface area contributed by atoms with Crippen LogP contribution < -0.4 is 10.6 Å². The molecule has 7 heteroatoms. The van der Waals surface area contributed by atoms with Gasteiger partial charge in [-0.25, -0.2) is 0 Å². The zero-order valence-corrected chi connectivity index (χ0v) is 12.3. The first-order chi connectivity index (χ1) is 10.1. The van der Waals surface area contributed by atoms with Gasteiger partial charge in [-0.2, -0.15) is 11.3 Å². The van der Waals surface area contributed by atoms with Crippen molar-refractivity contribution in [3.63, 3.8) is 0 Å². The zero-order valence-electron chi connectivity index (χ0n) is 11.5. The highest BCUT2D eigenvalue weighted by atomic mass is 32.1. The van der Waals surface area contributed by atoms with E-state index in [1.807, 2.05) is 16.8 Å². The molecule has 0 saturated heterocycles. The number of hydrogen-bond acceptors (Lipinski definition) is 5. The third kappa shape index (κ3) is 3.79. The van der Waals surface area contributed by atoms with Crippen LogP contribution in [0, 0.1) is 10.1 Å². The average Bonchev–Trinajstić information content (AvgIpc) is 2.99. The minimum atomic E-state index is -0.548. The van der Waals surface area contributed by atoms with E-state index in [0.717, 1.165) is 5.56 Å². The number of thiophene rings is 1. The van der Waals surface area contributed by atoms with Crippen LogP contribution in [-0.2, 0) is 6.42 Å². The van der Waals surface area contributed by atoms with Crippen molar-refractivity contribution in [3.05, 3.63) is 56.3 Å². The molecule has 0 saturated carbocycles. The lowest BCUT2D eigenvalue weighted by atomic mass is 10.1. The predicted octanol–water partition coefficient (Wildman–Crippen LogP) is 2.67. The van der Waals surface area contributed by atoms with Crippen LogP contribution in [0.3, 0.4) is 0 Å². The van der Waals surface area contributed by atoms with Crippen LogP contribution in [0.1, 0.15) is 15.9 Å². The number of amides is 1. The molecule has 0 unspecified atom stereocenters. The molecule has 0 atom stereocenters. The van der Waals surface area contributed by atoms with Gasteiger partial charge in [-0.15, -0.1) is 0 Å². The fraction of sp³-hybridized carbons (Fsp3) is 0.214. The number of rotatable bonds is 6. The Balaban J connectivity index is 2.08. The summed E-state index contributed by atoms with van der Waals surface area (Å²) in [4.78, 5) is 22.6. The van der Waals surface area contributed by atoms with Crippen molar-refractivity contribution in [1.82, 2.24) is 5.32 Å². The lowest BCUT2D eigenvalue weighted by Crippen LogP contribution is -2.26. The minimum absolute atomic E-state index is 0.0668. The van der Waals surface area contributed by atoms with Gasteiger partial charge >= 0.3 is 0 Å². The molecule has 2 aromatic rings. The van der Waals surface area contributed by atoms with Crippen molar-refractivity contribution < 1.29 is 9.72 Å². The Morgan fingerprint density at radius 2 is 2.19 bits per heavy atom. The summed E-state index contributed by atoms with van der Waals surface area (Å²) in [5.41, 5.74) is 1.67. The van der Waals surface area contributed by atoms with Crippen LogP contribution >= 0.6 is 11.3 Å². The molecule has 0 aliphatic carbocycles. The van der Waals surface area contributed by atoms with Crippen molar-refractivity contribution in [2.75, 3.05) is 18.9 Å². The number of carbonyl (C=O) groups is 1. The second kappa shape index (κ2) is 6.85. The standard InChI is InChI=1S/C14H15N3O3S/c1-15-11-2-3-13(17(19)20)12(8-11)14(18)16-6-4-10-5-7-21-9-10/h2-3,5,7-9,15H,4,6H2,1H3,(H,16,18). The molecule has 2 rings (SSSR count). The quantitative estimate of drug-likeness (QED) is 0.635. The summed E-state index contributed by atoms with van der Waals surface area (Å²) in [7, 11) is 1.69. The maximum absolute atomic E-state index is 12.1. The Kier molecular flexibility index (Phi) is 4.89. The molecule has 1 heterocycles. The molecule has 1 amide bonds. The average molecular weight is 305 g/mol. The first kappa shape index (κ1) is 15.0. The number of nitrogens with zero attached hydrogens (tertiary/aromatic N) is 1. The SMILES string of the molecule is CNc1ccc([N+](=O)[O-])c(C(=O)NCCc2ccsc2)c1. The largest absolute Gasteiger partial charge is 0.388 e. The molecule has 1 aromatic heterocycles. The Morgan fingerprint density at radius 1 is 1.38 bits per heavy atom. The molecule has 0 spiro atoms. The van der Waals surface area contributed by atoms with Crippen LogP contribution in [0.5, 0.6) is 0 Å². The van der Waals surface area contributed by atoms with E-state index in [9.17, 15) is 14.9 Å². The van der Waals surface area contributed by atoms with E-state index in [0.29, 0.717) is 18.7 Å². The molecule has 110 valence electrons. The third-order valence-electron chi connectivity index (χ3n) is 3.01. The highest BCUT2D eigenvalue weighted by Crippen LogP contribution is 2.22. The molecule has 0 aliphatic heterocycles. The Hall–Kier alpha value is -2.41. The van der Waals surface area contributed by atoms with E-state index >= 15 is 0 Å². The summed E-state index contributed by atoms with van der Waals surface area (Å²) in [5, 5.41) is 20.6. The van der Waals surface area contributed by atoms with Gasteiger partial charge in [-0.3, -0.25) is 14.9 Å². The summed E-state index contributed by atoms with van der Waals surface area (Å²) in [6, 6.07) is 6.37. The first-order valence-electron chi connectivity index (χ1n) is 6.37. The maximum atomic E-state index is 12.1. The Bertz CT molecular complexity index is 641. The Labute approximate surface area is 126 Å².